The molecule has 1 nitrogen and oxygen atoms in total. The zero-order valence-electron chi connectivity index (χ0n) is 8.96. The molecule has 0 saturated heterocycles. The summed E-state index contributed by atoms with van der Waals surface area (Å²) in [5, 5.41) is 9.91. The summed E-state index contributed by atoms with van der Waals surface area (Å²) >= 11 is 0. The van der Waals surface area contributed by atoms with Crippen LogP contribution in [0.15, 0.2) is 30.9 Å². The Bertz CT molecular complexity index is 315. The quantitative estimate of drug-likeness (QED) is 0.722. The average molecular weight is 190 g/mol. The van der Waals surface area contributed by atoms with Gasteiger partial charge in [0.05, 0.1) is 6.10 Å². The third-order valence-corrected chi connectivity index (χ3v) is 2.65. The maximum Gasteiger partial charge on any atom is 0.0795 e. The van der Waals surface area contributed by atoms with Crippen LogP contribution >= 0.6 is 0 Å². The van der Waals surface area contributed by atoms with E-state index in [9.17, 15) is 5.11 Å². The minimum atomic E-state index is -0.354. The van der Waals surface area contributed by atoms with Crippen LogP contribution in [0.3, 0.4) is 0 Å². The summed E-state index contributed by atoms with van der Waals surface area (Å²) < 4.78 is 0. The van der Waals surface area contributed by atoms with Gasteiger partial charge in [0.1, 0.15) is 0 Å². The predicted octanol–water partition coefficient (Wildman–Crippen LogP) is 3.30. The van der Waals surface area contributed by atoms with Crippen molar-refractivity contribution in [2.24, 2.45) is 0 Å². The Morgan fingerprint density at radius 3 is 2.79 bits per heavy atom. The lowest BCUT2D eigenvalue weighted by atomic mass is 9.97. The van der Waals surface area contributed by atoms with Gasteiger partial charge in [-0.3, -0.25) is 0 Å². The number of hydrogen-bond donors (Lipinski definition) is 1. The molecule has 0 aromatic heterocycles. The second-order valence-corrected chi connectivity index (χ2v) is 3.67. The van der Waals surface area contributed by atoms with E-state index in [4.69, 9.17) is 0 Å². The maximum absolute atomic E-state index is 9.91. The van der Waals surface area contributed by atoms with Gasteiger partial charge in [0.15, 0.2) is 0 Å². The molecular weight excluding hydrogens is 172 g/mol. The third kappa shape index (κ3) is 2.46. The third-order valence-electron chi connectivity index (χ3n) is 2.65. The van der Waals surface area contributed by atoms with Gasteiger partial charge in [0.25, 0.3) is 0 Å². The first-order valence-electron chi connectivity index (χ1n) is 5.02. The standard InChI is InChI=1S/C13H18O/c1-4-5-9-13(14)12-8-6-7-10(2)11(12)3/h4,6-8,13-14H,1,5,9H2,2-3H3. The van der Waals surface area contributed by atoms with Crippen LogP contribution in [0.1, 0.15) is 35.6 Å². The largest absolute Gasteiger partial charge is 0.388 e. The number of aliphatic hydroxyl groups is 1. The first-order chi connectivity index (χ1) is 6.66. The minimum Gasteiger partial charge on any atom is -0.388 e. The molecule has 0 radical (unpaired) electrons. The Labute approximate surface area is 86.1 Å². The van der Waals surface area contributed by atoms with Crippen molar-refractivity contribution < 1.29 is 5.11 Å². The van der Waals surface area contributed by atoms with E-state index in [-0.39, 0.29) is 6.10 Å². The van der Waals surface area contributed by atoms with Crippen LogP contribution in [0.25, 0.3) is 0 Å². The summed E-state index contributed by atoms with van der Waals surface area (Å²) in [6, 6.07) is 6.06. The zero-order chi connectivity index (χ0) is 10.6. The van der Waals surface area contributed by atoms with Crippen LogP contribution in [-0.4, -0.2) is 5.11 Å². The van der Waals surface area contributed by atoms with E-state index >= 15 is 0 Å². The molecule has 0 aliphatic rings. The lowest BCUT2D eigenvalue weighted by Crippen LogP contribution is -2.00. The SMILES string of the molecule is C=CCCC(O)c1cccc(C)c1C. The molecule has 0 spiro atoms. The van der Waals surface area contributed by atoms with Gasteiger partial charge in [-0.15, -0.1) is 6.58 Å². The van der Waals surface area contributed by atoms with Gasteiger partial charge in [0, 0.05) is 0 Å². The monoisotopic (exact) mass is 190 g/mol. The highest BCUT2D eigenvalue weighted by Gasteiger charge is 2.09. The summed E-state index contributed by atoms with van der Waals surface area (Å²) in [7, 11) is 0. The fourth-order valence-electron chi connectivity index (χ4n) is 1.57. The smallest absolute Gasteiger partial charge is 0.0795 e. The van der Waals surface area contributed by atoms with E-state index in [1.807, 2.05) is 18.2 Å². The van der Waals surface area contributed by atoms with Crippen molar-refractivity contribution in [3.8, 4) is 0 Å². The Kier molecular flexibility index (Phi) is 3.90. The van der Waals surface area contributed by atoms with Gasteiger partial charge in [-0.05, 0) is 43.4 Å². The fourth-order valence-corrected chi connectivity index (χ4v) is 1.57. The number of rotatable bonds is 4. The number of aryl methyl sites for hydroxylation is 1. The van der Waals surface area contributed by atoms with Gasteiger partial charge >= 0.3 is 0 Å². The molecule has 1 aromatic carbocycles. The van der Waals surface area contributed by atoms with E-state index in [0.29, 0.717) is 0 Å². The summed E-state index contributed by atoms with van der Waals surface area (Å²) in [6.45, 7) is 7.78. The maximum atomic E-state index is 9.91. The van der Waals surface area contributed by atoms with E-state index < -0.39 is 0 Å². The molecule has 76 valence electrons. The lowest BCUT2D eigenvalue weighted by Gasteiger charge is -2.14. The number of hydrogen-bond acceptors (Lipinski definition) is 1. The molecule has 0 amide bonds. The lowest BCUT2D eigenvalue weighted by molar-refractivity contribution is 0.168. The molecule has 1 aromatic rings. The number of allylic oxidation sites excluding steroid dienone is 1. The molecule has 1 N–H and O–H groups in total. The molecule has 0 saturated carbocycles. The first kappa shape index (κ1) is 11.0. The zero-order valence-corrected chi connectivity index (χ0v) is 8.96. The fraction of sp³-hybridized carbons (Fsp3) is 0.385. The van der Waals surface area contributed by atoms with Gasteiger partial charge in [-0.2, -0.15) is 0 Å². The highest BCUT2D eigenvalue weighted by atomic mass is 16.3. The van der Waals surface area contributed by atoms with Crippen molar-refractivity contribution in [2.45, 2.75) is 32.8 Å². The molecule has 1 heteroatoms. The van der Waals surface area contributed by atoms with E-state index in [1.54, 1.807) is 0 Å². The molecule has 0 aliphatic heterocycles. The second-order valence-electron chi connectivity index (χ2n) is 3.67. The Hall–Kier alpha value is -1.08. The van der Waals surface area contributed by atoms with Crippen molar-refractivity contribution in [3.63, 3.8) is 0 Å². The van der Waals surface area contributed by atoms with Crippen molar-refractivity contribution in [1.29, 1.82) is 0 Å². The van der Waals surface area contributed by atoms with Crippen molar-refractivity contribution in [3.05, 3.63) is 47.5 Å². The average Bonchev–Trinajstić information content (AvgIpc) is 2.18. The van der Waals surface area contributed by atoms with Crippen molar-refractivity contribution in [1.82, 2.24) is 0 Å². The summed E-state index contributed by atoms with van der Waals surface area (Å²) in [5.74, 6) is 0. The Balaban J connectivity index is 2.83. The van der Waals surface area contributed by atoms with E-state index in [0.717, 1.165) is 18.4 Å². The molecular formula is C13H18O. The van der Waals surface area contributed by atoms with Gasteiger partial charge < -0.3 is 5.11 Å². The van der Waals surface area contributed by atoms with Crippen LogP contribution in [0.4, 0.5) is 0 Å². The van der Waals surface area contributed by atoms with Crippen LogP contribution in [0.2, 0.25) is 0 Å². The number of aliphatic hydroxyl groups excluding tert-OH is 1. The molecule has 0 heterocycles. The summed E-state index contributed by atoms with van der Waals surface area (Å²) in [6.07, 6.45) is 3.10. The Morgan fingerprint density at radius 1 is 1.43 bits per heavy atom. The minimum absolute atomic E-state index is 0.354. The molecule has 0 fully saturated rings. The molecule has 1 rings (SSSR count). The summed E-state index contributed by atoms with van der Waals surface area (Å²) in [4.78, 5) is 0. The first-order valence-corrected chi connectivity index (χ1v) is 5.02. The van der Waals surface area contributed by atoms with Crippen LogP contribution in [0.5, 0.6) is 0 Å². The van der Waals surface area contributed by atoms with Gasteiger partial charge in [-0.1, -0.05) is 24.3 Å². The van der Waals surface area contributed by atoms with Crippen molar-refractivity contribution >= 4 is 0 Å². The second kappa shape index (κ2) is 4.97. The molecule has 1 atom stereocenters. The van der Waals surface area contributed by atoms with Gasteiger partial charge in [-0.25, -0.2) is 0 Å². The highest BCUT2D eigenvalue weighted by Crippen LogP contribution is 2.23. The van der Waals surface area contributed by atoms with Crippen molar-refractivity contribution in [2.75, 3.05) is 0 Å². The van der Waals surface area contributed by atoms with Crippen LogP contribution in [0, 0.1) is 13.8 Å². The molecule has 0 aliphatic carbocycles. The predicted molar refractivity (Wildman–Crippen MR) is 60.3 cm³/mol. The van der Waals surface area contributed by atoms with Gasteiger partial charge in [0.2, 0.25) is 0 Å². The molecule has 1 unspecified atom stereocenters. The molecule has 0 bridgehead atoms. The van der Waals surface area contributed by atoms with Crippen LogP contribution < -0.4 is 0 Å². The van der Waals surface area contributed by atoms with E-state index in [1.165, 1.54) is 11.1 Å². The Morgan fingerprint density at radius 2 is 2.14 bits per heavy atom. The van der Waals surface area contributed by atoms with Crippen LogP contribution in [-0.2, 0) is 0 Å². The topological polar surface area (TPSA) is 20.2 Å². The highest BCUT2D eigenvalue weighted by molar-refractivity contribution is 5.34. The normalized spacial score (nSPS) is 12.5. The number of benzene rings is 1. The summed E-state index contributed by atoms with van der Waals surface area (Å²) in [5.41, 5.74) is 3.48. The molecule has 14 heavy (non-hydrogen) atoms. The van der Waals surface area contributed by atoms with E-state index in [2.05, 4.69) is 26.5 Å².